The van der Waals surface area contributed by atoms with Crippen molar-refractivity contribution in [2.45, 2.75) is 19.9 Å². The highest BCUT2D eigenvalue weighted by atomic mass is 16.5. The van der Waals surface area contributed by atoms with E-state index in [9.17, 15) is 4.79 Å². The quantitative estimate of drug-likeness (QED) is 0.835. The van der Waals surface area contributed by atoms with E-state index in [2.05, 4.69) is 5.32 Å². The van der Waals surface area contributed by atoms with Crippen LogP contribution in [0, 0.1) is 5.92 Å². The first-order valence-electron chi connectivity index (χ1n) is 5.78. The van der Waals surface area contributed by atoms with Crippen molar-refractivity contribution >= 4 is 11.6 Å². The van der Waals surface area contributed by atoms with Crippen LogP contribution < -0.4 is 20.5 Å². The van der Waals surface area contributed by atoms with Gasteiger partial charge in [-0.15, -0.1) is 0 Å². The van der Waals surface area contributed by atoms with Gasteiger partial charge >= 0.3 is 0 Å². The molecule has 0 aliphatic rings. The molecule has 1 rings (SSSR count). The van der Waals surface area contributed by atoms with E-state index < -0.39 is 6.04 Å². The molecule has 0 saturated carbocycles. The number of carbonyl (C=O) groups is 1. The molecule has 1 aromatic rings. The van der Waals surface area contributed by atoms with Crippen LogP contribution in [0.1, 0.15) is 13.8 Å². The van der Waals surface area contributed by atoms with Crippen molar-refractivity contribution in [3.63, 3.8) is 0 Å². The molecule has 5 nitrogen and oxygen atoms in total. The molecule has 0 spiro atoms. The number of ether oxygens (including phenoxy) is 2. The number of benzene rings is 1. The number of amides is 1. The van der Waals surface area contributed by atoms with Gasteiger partial charge in [0.2, 0.25) is 5.91 Å². The second-order valence-electron chi connectivity index (χ2n) is 4.33. The molecule has 0 saturated heterocycles. The molecule has 1 unspecified atom stereocenters. The molecule has 1 amide bonds. The molecule has 0 aliphatic heterocycles. The molecule has 0 aliphatic carbocycles. The van der Waals surface area contributed by atoms with Crippen LogP contribution in [-0.4, -0.2) is 26.2 Å². The van der Waals surface area contributed by atoms with Crippen molar-refractivity contribution in [3.05, 3.63) is 18.2 Å². The van der Waals surface area contributed by atoms with Gasteiger partial charge in [0.15, 0.2) is 11.5 Å². The second kappa shape index (κ2) is 6.26. The third-order valence-electron chi connectivity index (χ3n) is 2.67. The zero-order chi connectivity index (χ0) is 13.7. The maximum absolute atomic E-state index is 11.8. The first-order valence-corrected chi connectivity index (χ1v) is 5.78. The number of nitrogens with one attached hydrogen (secondary N) is 1. The molecule has 0 aromatic heterocycles. The Kier molecular flexibility index (Phi) is 4.97. The Morgan fingerprint density at radius 1 is 1.22 bits per heavy atom. The van der Waals surface area contributed by atoms with Gasteiger partial charge in [-0.05, 0) is 18.1 Å². The average Bonchev–Trinajstić information content (AvgIpc) is 2.37. The lowest BCUT2D eigenvalue weighted by atomic mass is 10.0. The van der Waals surface area contributed by atoms with Crippen LogP contribution in [-0.2, 0) is 4.79 Å². The van der Waals surface area contributed by atoms with Gasteiger partial charge in [-0.1, -0.05) is 13.8 Å². The maximum Gasteiger partial charge on any atom is 0.241 e. The van der Waals surface area contributed by atoms with E-state index in [0.717, 1.165) is 0 Å². The predicted molar refractivity (Wildman–Crippen MR) is 71.0 cm³/mol. The molecule has 0 bridgehead atoms. The van der Waals surface area contributed by atoms with Gasteiger partial charge in [0.1, 0.15) is 0 Å². The van der Waals surface area contributed by atoms with Gasteiger partial charge in [0, 0.05) is 11.8 Å². The number of hydrogen-bond donors (Lipinski definition) is 2. The molecule has 0 heterocycles. The Balaban J connectivity index is 2.82. The van der Waals surface area contributed by atoms with Crippen LogP contribution in [0.3, 0.4) is 0 Å². The zero-order valence-electron chi connectivity index (χ0n) is 11.2. The SMILES string of the molecule is COc1ccc(NC(=O)C(N)C(C)C)cc1OC. The monoisotopic (exact) mass is 252 g/mol. The fourth-order valence-electron chi connectivity index (χ4n) is 1.44. The highest BCUT2D eigenvalue weighted by molar-refractivity contribution is 5.95. The average molecular weight is 252 g/mol. The van der Waals surface area contributed by atoms with Gasteiger partial charge in [0.25, 0.3) is 0 Å². The topological polar surface area (TPSA) is 73.6 Å². The van der Waals surface area contributed by atoms with E-state index in [1.165, 1.54) is 0 Å². The van der Waals surface area contributed by atoms with Crippen LogP contribution in [0.4, 0.5) is 5.69 Å². The van der Waals surface area contributed by atoms with Crippen molar-refractivity contribution in [2.24, 2.45) is 11.7 Å². The lowest BCUT2D eigenvalue weighted by Gasteiger charge is -2.16. The standard InChI is InChI=1S/C13H20N2O3/c1-8(2)12(14)13(16)15-9-5-6-10(17-3)11(7-9)18-4/h5-8,12H,14H2,1-4H3,(H,15,16). The molecule has 3 N–H and O–H groups in total. The van der Waals surface area contributed by atoms with Gasteiger partial charge < -0.3 is 20.5 Å². The third-order valence-corrected chi connectivity index (χ3v) is 2.67. The lowest BCUT2D eigenvalue weighted by molar-refractivity contribution is -0.118. The largest absolute Gasteiger partial charge is 0.493 e. The van der Waals surface area contributed by atoms with Gasteiger partial charge in [-0.25, -0.2) is 0 Å². The normalized spacial score (nSPS) is 12.1. The second-order valence-corrected chi connectivity index (χ2v) is 4.33. The smallest absolute Gasteiger partial charge is 0.241 e. The molecule has 100 valence electrons. The van der Waals surface area contributed by atoms with Crippen LogP contribution >= 0.6 is 0 Å². The van der Waals surface area contributed by atoms with Gasteiger partial charge in [-0.3, -0.25) is 4.79 Å². The van der Waals surface area contributed by atoms with Crippen molar-refractivity contribution in [1.82, 2.24) is 0 Å². The summed E-state index contributed by atoms with van der Waals surface area (Å²) in [7, 11) is 3.11. The van der Waals surface area contributed by atoms with E-state index in [1.54, 1.807) is 32.4 Å². The molecule has 18 heavy (non-hydrogen) atoms. The first kappa shape index (κ1) is 14.3. The number of nitrogens with two attached hydrogens (primary N) is 1. The molecule has 1 aromatic carbocycles. The van der Waals surface area contributed by atoms with Crippen molar-refractivity contribution in [2.75, 3.05) is 19.5 Å². The summed E-state index contributed by atoms with van der Waals surface area (Å²) in [6.07, 6.45) is 0. The molecule has 0 fully saturated rings. The van der Waals surface area contributed by atoms with Crippen molar-refractivity contribution in [3.8, 4) is 11.5 Å². The van der Waals surface area contributed by atoms with Gasteiger partial charge in [-0.2, -0.15) is 0 Å². The summed E-state index contributed by atoms with van der Waals surface area (Å²) in [6, 6.07) is 4.64. The number of carbonyl (C=O) groups excluding carboxylic acids is 1. The first-order chi connectivity index (χ1) is 8.49. The summed E-state index contributed by atoms with van der Waals surface area (Å²) in [5.41, 5.74) is 6.40. The maximum atomic E-state index is 11.8. The molecule has 1 atom stereocenters. The number of methoxy groups -OCH3 is 2. The molecule has 5 heteroatoms. The Morgan fingerprint density at radius 2 is 1.83 bits per heavy atom. The Bertz CT molecular complexity index is 419. The van der Waals surface area contributed by atoms with E-state index in [0.29, 0.717) is 17.2 Å². The van der Waals surface area contributed by atoms with Crippen LogP contribution in [0.5, 0.6) is 11.5 Å². The Hall–Kier alpha value is -1.75. The minimum absolute atomic E-state index is 0.0881. The summed E-state index contributed by atoms with van der Waals surface area (Å²) in [5, 5.41) is 2.75. The third kappa shape index (κ3) is 3.37. The summed E-state index contributed by atoms with van der Waals surface area (Å²) in [5.74, 6) is 1.06. The fourth-order valence-corrected chi connectivity index (χ4v) is 1.44. The summed E-state index contributed by atoms with van der Waals surface area (Å²) >= 11 is 0. The minimum atomic E-state index is -0.530. The van der Waals surface area contributed by atoms with Crippen LogP contribution in [0.2, 0.25) is 0 Å². The highest BCUT2D eigenvalue weighted by Gasteiger charge is 2.17. The summed E-state index contributed by atoms with van der Waals surface area (Å²) in [4.78, 5) is 11.8. The van der Waals surface area contributed by atoms with Gasteiger partial charge in [0.05, 0.1) is 20.3 Å². The fraction of sp³-hybridized carbons (Fsp3) is 0.462. The lowest BCUT2D eigenvalue weighted by Crippen LogP contribution is -2.39. The van der Waals surface area contributed by atoms with Crippen molar-refractivity contribution < 1.29 is 14.3 Å². The molecular weight excluding hydrogens is 232 g/mol. The Morgan fingerprint density at radius 3 is 2.33 bits per heavy atom. The molecule has 0 radical (unpaired) electrons. The van der Waals surface area contributed by atoms with E-state index >= 15 is 0 Å². The Labute approximate surface area is 107 Å². The van der Waals surface area contributed by atoms with Crippen molar-refractivity contribution in [1.29, 1.82) is 0 Å². The summed E-state index contributed by atoms with van der Waals surface area (Å²) in [6.45, 7) is 3.80. The zero-order valence-corrected chi connectivity index (χ0v) is 11.2. The summed E-state index contributed by atoms with van der Waals surface area (Å²) < 4.78 is 10.3. The number of hydrogen-bond acceptors (Lipinski definition) is 4. The van der Waals surface area contributed by atoms with E-state index in [-0.39, 0.29) is 11.8 Å². The van der Waals surface area contributed by atoms with E-state index in [4.69, 9.17) is 15.2 Å². The molecular formula is C13H20N2O3. The minimum Gasteiger partial charge on any atom is -0.493 e. The van der Waals surface area contributed by atoms with E-state index in [1.807, 2.05) is 13.8 Å². The van der Waals surface area contributed by atoms with Crippen LogP contribution in [0.15, 0.2) is 18.2 Å². The predicted octanol–water partition coefficient (Wildman–Crippen LogP) is 1.63. The number of anilines is 1. The number of rotatable bonds is 5. The van der Waals surface area contributed by atoms with Crippen LogP contribution in [0.25, 0.3) is 0 Å². The highest BCUT2D eigenvalue weighted by Crippen LogP contribution is 2.29.